The average Bonchev–Trinajstić information content (AvgIpc) is 2.74. The monoisotopic (exact) mass is 317 g/mol. The van der Waals surface area contributed by atoms with Crippen LogP contribution in [0.5, 0.6) is 0 Å². The normalized spacial score (nSPS) is 11.9. The first-order valence-electron chi connectivity index (χ1n) is 6.96. The Labute approximate surface area is 125 Å². The van der Waals surface area contributed by atoms with Crippen LogP contribution < -0.4 is 4.72 Å². The van der Waals surface area contributed by atoms with Crippen molar-refractivity contribution in [2.75, 3.05) is 13.7 Å². The van der Waals surface area contributed by atoms with Gasteiger partial charge in [0.05, 0.1) is 7.11 Å². The van der Waals surface area contributed by atoms with Crippen molar-refractivity contribution in [2.24, 2.45) is 5.92 Å². The SMILES string of the molecule is CCC(CC)CNS(=O)(=O)c1c(C)oc(C)c1C(=O)OC. The van der Waals surface area contributed by atoms with Gasteiger partial charge >= 0.3 is 5.97 Å². The summed E-state index contributed by atoms with van der Waals surface area (Å²) in [6.07, 6.45) is 1.76. The third-order valence-corrected chi connectivity index (χ3v) is 5.16. The third kappa shape index (κ3) is 3.85. The minimum absolute atomic E-state index is 0.0351. The molecule has 0 bridgehead atoms. The summed E-state index contributed by atoms with van der Waals surface area (Å²) in [7, 11) is -2.61. The number of hydrogen-bond donors (Lipinski definition) is 1. The number of hydrogen-bond acceptors (Lipinski definition) is 5. The number of carbonyl (C=O) groups excluding carboxylic acids is 1. The molecule has 21 heavy (non-hydrogen) atoms. The second-order valence-electron chi connectivity index (χ2n) is 4.94. The highest BCUT2D eigenvalue weighted by atomic mass is 32.2. The van der Waals surface area contributed by atoms with E-state index in [1.807, 2.05) is 13.8 Å². The van der Waals surface area contributed by atoms with E-state index in [0.29, 0.717) is 6.54 Å². The summed E-state index contributed by atoms with van der Waals surface area (Å²) in [5, 5.41) is 0. The van der Waals surface area contributed by atoms with E-state index in [9.17, 15) is 13.2 Å². The maximum Gasteiger partial charge on any atom is 0.342 e. The molecule has 0 amide bonds. The molecule has 0 fully saturated rings. The van der Waals surface area contributed by atoms with Gasteiger partial charge in [-0.1, -0.05) is 26.7 Å². The number of carbonyl (C=O) groups is 1. The topological polar surface area (TPSA) is 85.6 Å². The molecular formula is C14H23NO5S. The van der Waals surface area contributed by atoms with E-state index >= 15 is 0 Å². The van der Waals surface area contributed by atoms with Gasteiger partial charge < -0.3 is 9.15 Å². The van der Waals surface area contributed by atoms with E-state index in [1.165, 1.54) is 14.0 Å². The molecule has 0 spiro atoms. The molecule has 0 unspecified atom stereocenters. The number of aryl methyl sites for hydroxylation is 2. The van der Waals surface area contributed by atoms with Gasteiger partial charge in [0.1, 0.15) is 22.0 Å². The van der Waals surface area contributed by atoms with Gasteiger partial charge in [0.25, 0.3) is 0 Å². The lowest BCUT2D eigenvalue weighted by Crippen LogP contribution is -2.30. The van der Waals surface area contributed by atoms with Crippen molar-refractivity contribution in [3.05, 3.63) is 17.1 Å². The van der Waals surface area contributed by atoms with Crippen LogP contribution in [0.25, 0.3) is 0 Å². The first-order chi connectivity index (χ1) is 9.78. The van der Waals surface area contributed by atoms with Crippen molar-refractivity contribution < 1.29 is 22.4 Å². The Hall–Kier alpha value is -1.34. The zero-order chi connectivity index (χ0) is 16.2. The molecule has 1 aromatic heterocycles. The zero-order valence-corrected chi connectivity index (χ0v) is 14.0. The lowest BCUT2D eigenvalue weighted by molar-refractivity contribution is 0.0595. The number of esters is 1. The Morgan fingerprint density at radius 2 is 1.81 bits per heavy atom. The second kappa shape index (κ2) is 7.09. The molecule has 1 heterocycles. The van der Waals surface area contributed by atoms with Gasteiger partial charge in [-0.15, -0.1) is 0 Å². The van der Waals surface area contributed by atoms with Crippen molar-refractivity contribution in [1.82, 2.24) is 4.72 Å². The standard InChI is InChI=1S/C14H23NO5S/c1-6-11(7-2)8-15-21(17,18)13-10(4)20-9(3)12(13)14(16)19-5/h11,15H,6-8H2,1-5H3. The van der Waals surface area contributed by atoms with Crippen LogP contribution in [0.3, 0.4) is 0 Å². The summed E-state index contributed by atoms with van der Waals surface area (Å²) in [5.74, 6) is -0.0332. The van der Waals surface area contributed by atoms with Gasteiger partial charge in [0.2, 0.25) is 10.0 Å². The van der Waals surface area contributed by atoms with Crippen LogP contribution >= 0.6 is 0 Å². The summed E-state index contributed by atoms with van der Waals surface area (Å²) in [5.41, 5.74) is -0.0351. The Bertz CT molecular complexity index is 599. The Morgan fingerprint density at radius 1 is 1.24 bits per heavy atom. The maximum atomic E-state index is 12.5. The van der Waals surface area contributed by atoms with E-state index < -0.39 is 16.0 Å². The molecule has 1 N–H and O–H groups in total. The number of ether oxygens (including phenoxy) is 1. The highest BCUT2D eigenvalue weighted by Gasteiger charge is 2.31. The number of rotatable bonds is 7. The molecular weight excluding hydrogens is 294 g/mol. The molecule has 0 atom stereocenters. The molecule has 1 aromatic rings. The molecule has 0 aliphatic heterocycles. The molecule has 120 valence electrons. The van der Waals surface area contributed by atoms with Gasteiger partial charge in [0.15, 0.2) is 0 Å². The average molecular weight is 317 g/mol. The number of furan rings is 1. The smallest absolute Gasteiger partial charge is 0.342 e. The van der Waals surface area contributed by atoms with E-state index in [-0.39, 0.29) is 27.9 Å². The highest BCUT2D eigenvalue weighted by molar-refractivity contribution is 7.89. The van der Waals surface area contributed by atoms with Gasteiger partial charge in [-0.25, -0.2) is 17.9 Å². The Balaban J connectivity index is 3.17. The summed E-state index contributed by atoms with van der Waals surface area (Å²) in [6, 6.07) is 0. The van der Waals surface area contributed by atoms with Gasteiger partial charge in [-0.3, -0.25) is 0 Å². The largest absolute Gasteiger partial charge is 0.465 e. The van der Waals surface area contributed by atoms with Gasteiger partial charge in [-0.05, 0) is 19.8 Å². The van der Waals surface area contributed by atoms with Crippen molar-refractivity contribution in [2.45, 2.75) is 45.4 Å². The summed E-state index contributed by atoms with van der Waals surface area (Å²) >= 11 is 0. The molecule has 7 heteroatoms. The van der Waals surface area contributed by atoms with Crippen LogP contribution in [-0.4, -0.2) is 28.0 Å². The van der Waals surface area contributed by atoms with Crippen LogP contribution in [-0.2, 0) is 14.8 Å². The molecule has 6 nitrogen and oxygen atoms in total. The second-order valence-corrected chi connectivity index (χ2v) is 6.65. The lowest BCUT2D eigenvalue weighted by atomic mass is 10.0. The highest BCUT2D eigenvalue weighted by Crippen LogP contribution is 2.27. The molecule has 0 aliphatic carbocycles. The molecule has 0 aromatic carbocycles. The lowest BCUT2D eigenvalue weighted by Gasteiger charge is -2.13. The van der Waals surface area contributed by atoms with E-state index in [4.69, 9.17) is 4.42 Å². The minimum Gasteiger partial charge on any atom is -0.465 e. The predicted octanol–water partition coefficient (Wildman–Crippen LogP) is 2.40. The van der Waals surface area contributed by atoms with Crippen LogP contribution in [0, 0.1) is 19.8 Å². The number of methoxy groups -OCH3 is 1. The van der Waals surface area contributed by atoms with Crippen molar-refractivity contribution in [3.8, 4) is 0 Å². The fourth-order valence-electron chi connectivity index (χ4n) is 2.20. The number of nitrogens with one attached hydrogen (secondary N) is 1. The summed E-state index contributed by atoms with van der Waals surface area (Å²) < 4.78 is 37.4. The van der Waals surface area contributed by atoms with Gasteiger partial charge in [0, 0.05) is 6.54 Å². The fraction of sp³-hybridized carbons (Fsp3) is 0.643. The Morgan fingerprint density at radius 3 is 2.29 bits per heavy atom. The molecule has 0 saturated heterocycles. The van der Waals surface area contributed by atoms with Crippen LogP contribution in [0.4, 0.5) is 0 Å². The number of sulfonamides is 1. The maximum absolute atomic E-state index is 12.5. The van der Waals surface area contributed by atoms with Gasteiger partial charge in [-0.2, -0.15) is 0 Å². The van der Waals surface area contributed by atoms with Crippen LogP contribution in [0.2, 0.25) is 0 Å². The summed E-state index contributed by atoms with van der Waals surface area (Å²) in [4.78, 5) is 11.7. The molecule has 0 saturated carbocycles. The first kappa shape index (κ1) is 17.7. The quantitative estimate of drug-likeness (QED) is 0.780. The third-order valence-electron chi connectivity index (χ3n) is 3.58. The minimum atomic E-state index is -3.82. The Kier molecular flexibility index (Phi) is 5.98. The van der Waals surface area contributed by atoms with E-state index in [1.54, 1.807) is 6.92 Å². The van der Waals surface area contributed by atoms with E-state index in [2.05, 4.69) is 9.46 Å². The van der Waals surface area contributed by atoms with Crippen LogP contribution in [0.15, 0.2) is 9.31 Å². The first-order valence-corrected chi connectivity index (χ1v) is 8.44. The molecule has 0 aliphatic rings. The van der Waals surface area contributed by atoms with Crippen LogP contribution in [0.1, 0.15) is 48.6 Å². The van der Waals surface area contributed by atoms with E-state index in [0.717, 1.165) is 12.8 Å². The molecule has 0 radical (unpaired) electrons. The van der Waals surface area contributed by atoms with Crippen molar-refractivity contribution in [3.63, 3.8) is 0 Å². The van der Waals surface area contributed by atoms with Crippen molar-refractivity contribution in [1.29, 1.82) is 0 Å². The fourth-order valence-corrected chi connectivity index (χ4v) is 3.72. The molecule has 1 rings (SSSR count). The van der Waals surface area contributed by atoms with Crippen molar-refractivity contribution >= 4 is 16.0 Å². The zero-order valence-electron chi connectivity index (χ0n) is 13.1. The summed E-state index contributed by atoms with van der Waals surface area (Å²) in [6.45, 7) is 7.41. The predicted molar refractivity (Wildman–Crippen MR) is 78.8 cm³/mol.